The van der Waals surface area contributed by atoms with E-state index >= 15 is 0 Å². The van der Waals surface area contributed by atoms with E-state index in [1.807, 2.05) is 37.4 Å². The molecular formula is C21H23N3O4S. The van der Waals surface area contributed by atoms with Gasteiger partial charge in [0.15, 0.2) is 0 Å². The Morgan fingerprint density at radius 1 is 1.28 bits per heavy atom. The highest BCUT2D eigenvalue weighted by atomic mass is 32.2. The van der Waals surface area contributed by atoms with E-state index in [4.69, 9.17) is 0 Å². The Labute approximate surface area is 173 Å². The summed E-state index contributed by atoms with van der Waals surface area (Å²) in [6.45, 7) is 2.16. The van der Waals surface area contributed by atoms with Gasteiger partial charge in [0.1, 0.15) is 0 Å². The molecule has 0 unspecified atom stereocenters. The second-order valence-electron chi connectivity index (χ2n) is 7.08. The third-order valence-electron chi connectivity index (χ3n) is 5.35. The van der Waals surface area contributed by atoms with Crippen LogP contribution in [-0.4, -0.2) is 41.5 Å². The largest absolute Gasteiger partial charge is 0.339 e. The molecule has 1 fully saturated rings. The third-order valence-corrected chi connectivity index (χ3v) is 6.09. The standard InChI is InChI=1S/C21H23N3O4S/c1-14(15-5-4-6-18(11-15)24(27)28)22(2)21(26)16-12-20(25)23(13-16)17-7-9-19(29-3)10-8-17/h4-11,14,16H,12-13H2,1-3H3/t14-,16+/m0/s1. The first-order valence-electron chi connectivity index (χ1n) is 9.27. The molecule has 1 saturated heterocycles. The number of non-ortho nitro benzene ring substituents is 1. The van der Waals surface area contributed by atoms with E-state index in [1.165, 1.54) is 12.1 Å². The van der Waals surface area contributed by atoms with Crippen LogP contribution in [0.5, 0.6) is 0 Å². The number of nitrogens with zero attached hydrogens (tertiary/aromatic N) is 3. The Morgan fingerprint density at radius 3 is 2.59 bits per heavy atom. The fraction of sp³-hybridized carbons (Fsp3) is 0.333. The van der Waals surface area contributed by atoms with Crippen molar-refractivity contribution in [2.24, 2.45) is 5.92 Å². The van der Waals surface area contributed by atoms with Gasteiger partial charge in [0.05, 0.1) is 16.9 Å². The number of hydrogen-bond acceptors (Lipinski definition) is 5. The monoisotopic (exact) mass is 413 g/mol. The molecule has 2 atom stereocenters. The van der Waals surface area contributed by atoms with E-state index in [0.717, 1.165) is 10.6 Å². The van der Waals surface area contributed by atoms with Crippen LogP contribution in [0.1, 0.15) is 24.9 Å². The van der Waals surface area contributed by atoms with E-state index < -0.39 is 10.8 Å². The molecule has 29 heavy (non-hydrogen) atoms. The SMILES string of the molecule is CSc1ccc(N2C[C@H](C(=O)N(C)[C@@H](C)c3cccc([N+](=O)[O-])c3)CC2=O)cc1. The molecule has 152 valence electrons. The van der Waals surface area contributed by atoms with Gasteiger partial charge in [-0.05, 0) is 43.0 Å². The molecule has 0 N–H and O–H groups in total. The highest BCUT2D eigenvalue weighted by Crippen LogP contribution is 2.30. The van der Waals surface area contributed by atoms with Crippen LogP contribution in [0.4, 0.5) is 11.4 Å². The quantitative estimate of drug-likeness (QED) is 0.408. The number of hydrogen-bond donors (Lipinski definition) is 0. The summed E-state index contributed by atoms with van der Waals surface area (Å²) < 4.78 is 0. The van der Waals surface area contributed by atoms with Crippen LogP contribution in [0.15, 0.2) is 53.4 Å². The van der Waals surface area contributed by atoms with E-state index in [2.05, 4.69) is 0 Å². The predicted octanol–water partition coefficient (Wildman–Crippen LogP) is 3.89. The highest BCUT2D eigenvalue weighted by Gasteiger charge is 2.37. The van der Waals surface area contributed by atoms with Crippen LogP contribution in [0, 0.1) is 16.0 Å². The molecule has 1 aliphatic heterocycles. The van der Waals surface area contributed by atoms with Crippen molar-refractivity contribution in [1.82, 2.24) is 4.90 Å². The molecule has 7 nitrogen and oxygen atoms in total. The molecule has 1 aliphatic rings. The molecule has 1 heterocycles. The highest BCUT2D eigenvalue weighted by molar-refractivity contribution is 7.98. The van der Waals surface area contributed by atoms with Gasteiger partial charge in [-0.1, -0.05) is 12.1 Å². The first-order valence-corrected chi connectivity index (χ1v) is 10.5. The zero-order chi connectivity index (χ0) is 21.1. The zero-order valence-corrected chi connectivity index (χ0v) is 17.4. The molecule has 0 radical (unpaired) electrons. The van der Waals surface area contributed by atoms with Gasteiger partial charge in [-0.15, -0.1) is 11.8 Å². The fourth-order valence-electron chi connectivity index (χ4n) is 3.49. The lowest BCUT2D eigenvalue weighted by Gasteiger charge is -2.27. The number of amides is 2. The van der Waals surface area contributed by atoms with Gasteiger partial charge in [-0.25, -0.2) is 0 Å². The molecule has 8 heteroatoms. The normalized spacial score (nSPS) is 17.3. The zero-order valence-electron chi connectivity index (χ0n) is 16.6. The molecular weight excluding hydrogens is 390 g/mol. The van der Waals surface area contributed by atoms with Crippen molar-refractivity contribution < 1.29 is 14.5 Å². The van der Waals surface area contributed by atoms with Crippen LogP contribution in [0.3, 0.4) is 0 Å². The van der Waals surface area contributed by atoms with Gasteiger partial charge in [0.2, 0.25) is 11.8 Å². The second kappa shape index (κ2) is 8.65. The maximum atomic E-state index is 13.0. The number of thioether (sulfide) groups is 1. The van der Waals surface area contributed by atoms with E-state index in [9.17, 15) is 19.7 Å². The van der Waals surface area contributed by atoms with Gasteiger partial charge in [0, 0.05) is 42.7 Å². The number of nitro groups is 1. The number of nitro benzene ring substituents is 1. The third kappa shape index (κ3) is 4.42. The molecule has 2 aromatic rings. The van der Waals surface area contributed by atoms with E-state index in [0.29, 0.717) is 12.1 Å². The lowest BCUT2D eigenvalue weighted by atomic mass is 10.0. The number of anilines is 1. The van der Waals surface area contributed by atoms with Crippen molar-refractivity contribution in [1.29, 1.82) is 0 Å². The van der Waals surface area contributed by atoms with Crippen molar-refractivity contribution >= 4 is 35.0 Å². The average Bonchev–Trinajstić information content (AvgIpc) is 3.13. The van der Waals surface area contributed by atoms with Crippen LogP contribution in [-0.2, 0) is 9.59 Å². The molecule has 2 amide bonds. The molecule has 0 spiro atoms. The van der Waals surface area contributed by atoms with Crippen molar-refractivity contribution in [3.8, 4) is 0 Å². The Balaban J connectivity index is 1.71. The van der Waals surface area contributed by atoms with Gasteiger partial charge in [0.25, 0.3) is 5.69 Å². The first-order chi connectivity index (χ1) is 13.8. The van der Waals surface area contributed by atoms with Crippen molar-refractivity contribution in [3.05, 3.63) is 64.2 Å². The van der Waals surface area contributed by atoms with Crippen molar-refractivity contribution in [2.75, 3.05) is 24.7 Å². The minimum Gasteiger partial charge on any atom is -0.339 e. The van der Waals surface area contributed by atoms with Gasteiger partial charge in [-0.2, -0.15) is 0 Å². The molecule has 2 aromatic carbocycles. The summed E-state index contributed by atoms with van der Waals surface area (Å²) in [5.74, 6) is -0.647. The van der Waals surface area contributed by atoms with Crippen LogP contribution in [0.25, 0.3) is 0 Å². The van der Waals surface area contributed by atoms with Gasteiger partial charge >= 0.3 is 0 Å². The summed E-state index contributed by atoms with van der Waals surface area (Å²) >= 11 is 1.63. The van der Waals surface area contributed by atoms with Crippen LogP contribution in [0.2, 0.25) is 0 Å². The van der Waals surface area contributed by atoms with Gasteiger partial charge < -0.3 is 9.80 Å². The summed E-state index contributed by atoms with van der Waals surface area (Å²) in [6.07, 6.45) is 2.15. The Hall–Kier alpha value is -2.87. The summed E-state index contributed by atoms with van der Waals surface area (Å²) in [5, 5.41) is 11.0. The molecule has 0 aliphatic carbocycles. The Kier molecular flexibility index (Phi) is 6.22. The number of rotatable bonds is 6. The Morgan fingerprint density at radius 2 is 1.97 bits per heavy atom. The lowest BCUT2D eigenvalue weighted by Crippen LogP contribution is -2.36. The predicted molar refractivity (Wildman–Crippen MR) is 113 cm³/mol. The summed E-state index contributed by atoms with van der Waals surface area (Å²) in [4.78, 5) is 40.4. The molecule has 0 aromatic heterocycles. The summed E-state index contributed by atoms with van der Waals surface area (Å²) in [5.41, 5.74) is 1.47. The van der Waals surface area contributed by atoms with Gasteiger partial charge in [-0.3, -0.25) is 19.7 Å². The topological polar surface area (TPSA) is 83.8 Å². The van der Waals surface area contributed by atoms with Crippen molar-refractivity contribution in [2.45, 2.75) is 24.3 Å². The minimum absolute atomic E-state index is 0.00823. The van der Waals surface area contributed by atoms with Crippen LogP contribution < -0.4 is 4.90 Å². The molecule has 0 saturated carbocycles. The van der Waals surface area contributed by atoms with Crippen molar-refractivity contribution in [3.63, 3.8) is 0 Å². The fourth-order valence-corrected chi connectivity index (χ4v) is 3.89. The Bertz CT molecular complexity index is 932. The molecule has 3 rings (SSSR count). The number of carbonyl (C=O) groups is 2. The summed E-state index contributed by atoms with van der Waals surface area (Å²) in [6, 6.07) is 13.6. The maximum Gasteiger partial charge on any atom is 0.269 e. The average molecular weight is 413 g/mol. The van der Waals surface area contributed by atoms with Crippen LogP contribution >= 0.6 is 11.8 Å². The lowest BCUT2D eigenvalue weighted by molar-refractivity contribution is -0.384. The first kappa shape index (κ1) is 20.9. The number of carbonyl (C=O) groups excluding carboxylic acids is 2. The minimum atomic E-state index is -0.451. The van der Waals surface area contributed by atoms with E-state index in [-0.39, 0.29) is 30.0 Å². The molecule has 0 bridgehead atoms. The smallest absolute Gasteiger partial charge is 0.269 e. The summed E-state index contributed by atoms with van der Waals surface area (Å²) in [7, 11) is 1.67. The number of benzene rings is 2. The van der Waals surface area contributed by atoms with E-state index in [1.54, 1.807) is 40.7 Å². The maximum absolute atomic E-state index is 13.0. The second-order valence-corrected chi connectivity index (χ2v) is 7.96.